The van der Waals surface area contributed by atoms with Gasteiger partial charge in [-0.05, 0) is 34.5 Å². The molecule has 0 N–H and O–H groups in total. The topological polar surface area (TPSA) is 53.3 Å². The molecule has 0 aliphatic heterocycles. The number of hydrogen-bond donors (Lipinski definition) is 0. The predicted molar refractivity (Wildman–Crippen MR) is 155 cm³/mol. The maximum Gasteiger partial charge on any atom is 0.374 e. The molecular formula is C30H33BrN2O3Si. The SMILES string of the molecule is CCOC(=O)c1nc(-c2ccc(Br)cc2)cn1CCO[Si](c1ccccc1)(c1ccccc1)C(C)(C)C. The maximum absolute atomic E-state index is 12.8. The zero-order chi connectivity index (χ0) is 26.5. The van der Waals surface area contributed by atoms with Crippen LogP contribution in [-0.4, -0.2) is 37.1 Å². The van der Waals surface area contributed by atoms with Gasteiger partial charge in [0.15, 0.2) is 0 Å². The van der Waals surface area contributed by atoms with E-state index in [2.05, 4.69) is 90.2 Å². The summed E-state index contributed by atoms with van der Waals surface area (Å²) in [5.74, 6) is -0.151. The van der Waals surface area contributed by atoms with E-state index in [0.717, 1.165) is 15.7 Å². The Balaban J connectivity index is 1.69. The van der Waals surface area contributed by atoms with Gasteiger partial charge in [0.25, 0.3) is 8.32 Å². The molecule has 5 nitrogen and oxygen atoms in total. The highest BCUT2D eigenvalue weighted by Crippen LogP contribution is 2.36. The Kier molecular flexibility index (Phi) is 8.47. The summed E-state index contributed by atoms with van der Waals surface area (Å²) >= 11 is 3.48. The Morgan fingerprint density at radius 1 is 0.919 bits per heavy atom. The van der Waals surface area contributed by atoms with Gasteiger partial charge in [-0.1, -0.05) is 109 Å². The van der Waals surface area contributed by atoms with Crippen molar-refractivity contribution in [3.8, 4) is 11.3 Å². The Morgan fingerprint density at radius 2 is 1.49 bits per heavy atom. The molecule has 192 valence electrons. The Bertz CT molecular complexity index is 1280. The second-order valence-corrected chi connectivity index (χ2v) is 15.1. The maximum atomic E-state index is 12.8. The predicted octanol–water partition coefficient (Wildman–Crippen LogP) is 6.07. The van der Waals surface area contributed by atoms with Crippen LogP contribution in [0.4, 0.5) is 0 Å². The second-order valence-electron chi connectivity index (χ2n) is 9.88. The molecular weight excluding hydrogens is 544 g/mol. The van der Waals surface area contributed by atoms with Crippen molar-refractivity contribution in [3.05, 3.63) is 101 Å². The molecule has 1 aromatic heterocycles. The summed E-state index contributed by atoms with van der Waals surface area (Å²) in [6.07, 6.45) is 1.91. The minimum absolute atomic E-state index is 0.128. The molecule has 0 radical (unpaired) electrons. The Labute approximate surface area is 228 Å². The van der Waals surface area contributed by atoms with Gasteiger partial charge < -0.3 is 13.7 Å². The summed E-state index contributed by atoms with van der Waals surface area (Å²) in [6, 6.07) is 29.0. The van der Waals surface area contributed by atoms with Crippen molar-refractivity contribution in [1.29, 1.82) is 0 Å². The summed E-state index contributed by atoms with van der Waals surface area (Å²) in [7, 11) is -2.68. The lowest BCUT2D eigenvalue weighted by Gasteiger charge is -2.43. The number of nitrogens with zero attached hydrogens (tertiary/aromatic N) is 2. The normalized spacial score (nSPS) is 11.9. The van der Waals surface area contributed by atoms with E-state index in [1.165, 1.54) is 10.4 Å². The summed E-state index contributed by atoms with van der Waals surface area (Å²) in [5.41, 5.74) is 1.65. The average Bonchev–Trinajstić information content (AvgIpc) is 3.32. The van der Waals surface area contributed by atoms with Gasteiger partial charge in [-0.2, -0.15) is 0 Å². The van der Waals surface area contributed by atoms with Crippen LogP contribution < -0.4 is 10.4 Å². The lowest BCUT2D eigenvalue weighted by molar-refractivity contribution is 0.0505. The van der Waals surface area contributed by atoms with Crippen LogP contribution >= 0.6 is 15.9 Å². The van der Waals surface area contributed by atoms with Crippen molar-refractivity contribution in [2.24, 2.45) is 0 Å². The molecule has 0 bridgehead atoms. The fourth-order valence-electron chi connectivity index (χ4n) is 4.76. The number of aromatic nitrogens is 2. The molecule has 1 heterocycles. The third kappa shape index (κ3) is 5.79. The zero-order valence-electron chi connectivity index (χ0n) is 21.8. The minimum Gasteiger partial charge on any atom is -0.460 e. The molecule has 0 atom stereocenters. The van der Waals surface area contributed by atoms with Gasteiger partial charge in [-0.25, -0.2) is 9.78 Å². The summed E-state index contributed by atoms with van der Waals surface area (Å²) < 4.78 is 15.2. The molecule has 0 unspecified atom stereocenters. The summed E-state index contributed by atoms with van der Waals surface area (Å²) in [5, 5.41) is 2.32. The van der Waals surface area contributed by atoms with Crippen molar-refractivity contribution >= 4 is 40.6 Å². The van der Waals surface area contributed by atoms with E-state index in [-0.39, 0.29) is 17.5 Å². The van der Waals surface area contributed by atoms with E-state index >= 15 is 0 Å². The van der Waals surface area contributed by atoms with E-state index in [1.807, 2.05) is 47.2 Å². The smallest absolute Gasteiger partial charge is 0.374 e. The fraction of sp³-hybridized carbons (Fsp3) is 0.267. The van der Waals surface area contributed by atoms with E-state index in [9.17, 15) is 4.79 Å². The largest absolute Gasteiger partial charge is 0.460 e. The van der Waals surface area contributed by atoms with Crippen molar-refractivity contribution in [1.82, 2.24) is 9.55 Å². The second kappa shape index (κ2) is 11.6. The first-order valence-electron chi connectivity index (χ1n) is 12.5. The zero-order valence-corrected chi connectivity index (χ0v) is 24.4. The fourth-order valence-corrected chi connectivity index (χ4v) is 9.58. The number of benzene rings is 3. The monoisotopic (exact) mass is 576 g/mol. The van der Waals surface area contributed by atoms with Crippen molar-refractivity contribution < 1.29 is 14.0 Å². The van der Waals surface area contributed by atoms with E-state index in [1.54, 1.807) is 6.92 Å². The average molecular weight is 578 g/mol. The lowest BCUT2D eigenvalue weighted by atomic mass is 10.2. The number of rotatable bonds is 9. The van der Waals surface area contributed by atoms with Crippen LogP contribution in [0.3, 0.4) is 0 Å². The van der Waals surface area contributed by atoms with Gasteiger partial charge in [0.1, 0.15) is 0 Å². The molecule has 3 aromatic carbocycles. The number of imidazole rings is 1. The highest BCUT2D eigenvalue weighted by Gasteiger charge is 2.50. The van der Waals surface area contributed by atoms with Crippen LogP contribution in [-0.2, 0) is 15.7 Å². The van der Waals surface area contributed by atoms with Gasteiger partial charge in [-0.3, -0.25) is 0 Å². The van der Waals surface area contributed by atoms with Crippen LogP contribution in [0, 0.1) is 0 Å². The van der Waals surface area contributed by atoms with Crippen LogP contribution in [0.5, 0.6) is 0 Å². The van der Waals surface area contributed by atoms with Gasteiger partial charge in [-0.15, -0.1) is 0 Å². The van der Waals surface area contributed by atoms with E-state index < -0.39 is 14.3 Å². The van der Waals surface area contributed by atoms with Gasteiger partial charge in [0.05, 0.1) is 18.9 Å². The third-order valence-electron chi connectivity index (χ3n) is 6.44. The molecule has 0 saturated carbocycles. The van der Waals surface area contributed by atoms with Crippen molar-refractivity contribution in [2.75, 3.05) is 13.2 Å². The first kappa shape index (κ1) is 27.0. The van der Waals surface area contributed by atoms with Crippen LogP contribution in [0.25, 0.3) is 11.3 Å². The molecule has 7 heteroatoms. The molecule has 0 aliphatic carbocycles. The van der Waals surface area contributed by atoms with E-state index in [4.69, 9.17) is 9.16 Å². The van der Waals surface area contributed by atoms with Crippen LogP contribution in [0.15, 0.2) is 95.6 Å². The molecule has 0 fully saturated rings. The van der Waals surface area contributed by atoms with Gasteiger partial charge >= 0.3 is 5.97 Å². The molecule has 4 rings (SSSR count). The lowest BCUT2D eigenvalue weighted by Crippen LogP contribution is -2.66. The van der Waals surface area contributed by atoms with E-state index in [0.29, 0.717) is 13.2 Å². The number of hydrogen-bond acceptors (Lipinski definition) is 4. The highest BCUT2D eigenvalue weighted by molar-refractivity contribution is 9.10. The molecule has 37 heavy (non-hydrogen) atoms. The number of esters is 1. The Morgan fingerprint density at radius 3 is 2.00 bits per heavy atom. The van der Waals surface area contributed by atoms with Crippen LogP contribution in [0.1, 0.15) is 38.3 Å². The Hall–Kier alpha value is -3.00. The number of ether oxygens (including phenoxy) is 1. The summed E-state index contributed by atoms with van der Waals surface area (Å²) in [4.78, 5) is 17.4. The highest BCUT2D eigenvalue weighted by atomic mass is 79.9. The molecule has 0 spiro atoms. The number of carbonyl (C=O) groups excluding carboxylic acids is 1. The van der Waals surface area contributed by atoms with Crippen molar-refractivity contribution in [3.63, 3.8) is 0 Å². The first-order chi connectivity index (χ1) is 17.8. The summed E-state index contributed by atoms with van der Waals surface area (Å²) in [6.45, 7) is 9.76. The number of carbonyl (C=O) groups is 1. The first-order valence-corrected chi connectivity index (χ1v) is 15.2. The molecule has 0 saturated heterocycles. The van der Waals surface area contributed by atoms with Crippen molar-refractivity contribution in [2.45, 2.75) is 39.3 Å². The molecule has 4 aromatic rings. The van der Waals surface area contributed by atoms with Gasteiger partial charge in [0.2, 0.25) is 5.82 Å². The standard InChI is InChI=1S/C30H33BrN2O3Si/c1-5-35-29(34)28-32-27(23-16-18-24(31)19-17-23)22-33(28)20-21-36-37(30(2,3)4,25-12-8-6-9-13-25)26-14-10-7-11-15-26/h6-19,22H,5,20-21H2,1-4H3. The van der Waals surface area contributed by atoms with Crippen LogP contribution in [0.2, 0.25) is 5.04 Å². The van der Waals surface area contributed by atoms with Gasteiger partial charge in [0, 0.05) is 22.8 Å². The third-order valence-corrected chi connectivity index (χ3v) is 12.0. The minimum atomic E-state index is -2.68. The quantitative estimate of drug-likeness (QED) is 0.179. The molecule has 0 aliphatic rings. The number of halogens is 1. The molecule has 0 amide bonds.